The van der Waals surface area contributed by atoms with Crippen molar-refractivity contribution in [2.24, 2.45) is 0 Å². The number of carbonyl (C=O) groups is 1. The Morgan fingerprint density at radius 2 is 1.74 bits per heavy atom. The fraction of sp³-hybridized carbons (Fsp3) is 0.500. The summed E-state index contributed by atoms with van der Waals surface area (Å²) in [4.78, 5) is 28.1. The van der Waals surface area contributed by atoms with Crippen LogP contribution < -0.4 is 20.4 Å². The molecule has 232 valence electrons. The van der Waals surface area contributed by atoms with Crippen molar-refractivity contribution in [3.63, 3.8) is 0 Å². The molecule has 9 nitrogen and oxygen atoms in total. The van der Waals surface area contributed by atoms with Crippen molar-refractivity contribution >= 4 is 23.2 Å². The number of nitrogens with zero attached hydrogens (tertiary/aromatic N) is 5. The first kappa shape index (κ1) is 30.7. The summed E-state index contributed by atoms with van der Waals surface area (Å²) in [6.07, 6.45) is 0.739. The van der Waals surface area contributed by atoms with Crippen LogP contribution in [0.3, 0.4) is 0 Å². The summed E-state index contributed by atoms with van der Waals surface area (Å²) in [6, 6.07) is 2.66. The Balaban J connectivity index is 1.58. The number of hydrogen-bond donors (Lipinski definition) is 2. The van der Waals surface area contributed by atoms with E-state index in [4.69, 9.17) is 4.74 Å². The molecule has 1 aromatic heterocycles. The van der Waals surface area contributed by atoms with Gasteiger partial charge in [0.2, 0.25) is 5.95 Å². The molecule has 0 saturated carbocycles. The highest BCUT2D eigenvalue weighted by atomic mass is 19.3. The van der Waals surface area contributed by atoms with E-state index in [9.17, 15) is 13.6 Å². The number of halogens is 4. The molecule has 2 fully saturated rings. The topological polar surface area (TPSA) is 85.9 Å². The number of dihydropyridines is 1. The second-order valence-corrected chi connectivity index (χ2v) is 11.5. The number of piperazine rings is 1. The molecule has 1 aromatic carbocycles. The third-order valence-corrected chi connectivity index (χ3v) is 8.21. The van der Waals surface area contributed by atoms with Crippen molar-refractivity contribution in [2.75, 3.05) is 54.9 Å². The molecule has 0 bridgehead atoms. The number of likely N-dealkylation sites (N-methyl/N-ethyl adjacent to an activating group) is 1. The second-order valence-electron chi connectivity index (χ2n) is 11.5. The Labute approximate surface area is 248 Å². The molecular weight excluding hydrogens is 566 g/mol. The van der Waals surface area contributed by atoms with Gasteiger partial charge in [-0.2, -0.15) is 0 Å². The Hall–Kier alpha value is -3.71. The molecule has 4 heterocycles. The molecule has 1 amide bonds. The van der Waals surface area contributed by atoms with E-state index in [0.29, 0.717) is 32.1 Å². The minimum Gasteiger partial charge on any atom is -0.387 e. The molecule has 3 aliphatic heterocycles. The molecule has 0 spiro atoms. The van der Waals surface area contributed by atoms with Gasteiger partial charge >= 0.3 is 0 Å². The Kier molecular flexibility index (Phi) is 8.93. The van der Waals surface area contributed by atoms with Crippen LogP contribution in [0.4, 0.5) is 34.9 Å². The third-order valence-electron chi connectivity index (χ3n) is 8.21. The molecule has 0 aliphatic carbocycles. The number of carbonyl (C=O) groups excluding carboxylic acids is 1. The molecule has 13 heteroatoms. The first-order chi connectivity index (χ1) is 20.4. The Morgan fingerprint density at radius 3 is 2.40 bits per heavy atom. The molecule has 2 saturated heterocycles. The summed E-state index contributed by atoms with van der Waals surface area (Å²) >= 11 is 0. The normalized spacial score (nSPS) is 24.9. The van der Waals surface area contributed by atoms with E-state index in [1.807, 2.05) is 39.6 Å². The van der Waals surface area contributed by atoms with E-state index >= 15 is 8.78 Å². The minimum atomic E-state index is -2.91. The van der Waals surface area contributed by atoms with E-state index in [0.717, 1.165) is 0 Å². The maximum atomic E-state index is 16.6. The van der Waals surface area contributed by atoms with E-state index in [-0.39, 0.29) is 53.5 Å². The van der Waals surface area contributed by atoms with Gasteiger partial charge in [-0.3, -0.25) is 9.69 Å². The summed E-state index contributed by atoms with van der Waals surface area (Å²) in [5.74, 6) is -2.57. The average molecular weight is 604 g/mol. The largest absolute Gasteiger partial charge is 0.387 e. The zero-order chi connectivity index (χ0) is 31.0. The number of alkyl halides is 2. The van der Waals surface area contributed by atoms with E-state index in [2.05, 4.69) is 25.5 Å². The van der Waals surface area contributed by atoms with Gasteiger partial charge in [0, 0.05) is 68.8 Å². The van der Waals surface area contributed by atoms with Crippen LogP contribution in [0.5, 0.6) is 0 Å². The second kappa shape index (κ2) is 12.5. The van der Waals surface area contributed by atoms with Crippen LogP contribution >= 0.6 is 0 Å². The van der Waals surface area contributed by atoms with Crippen LogP contribution in [-0.2, 0) is 9.53 Å². The van der Waals surface area contributed by atoms with Crippen molar-refractivity contribution in [3.05, 3.63) is 53.4 Å². The van der Waals surface area contributed by atoms with Gasteiger partial charge in [-0.25, -0.2) is 27.5 Å². The standard InChI is InChI=1S/C30H37F4N7O2/c1-16-12-40(13-17(2)39(16)5)24-10-22(31)25(23-7-9-36-30(37-23)41-14-18(3)43-19(4)15-41)26(32)27(24)38-29(42)21-11-35-8-6-20(21)28(33)34/h6-7,9-11,16-19,28,35H,8,12-15H2,1-5H3,(H,38,42)/t16-,17+,18-,19+. The minimum absolute atomic E-state index is 0.0133. The lowest BCUT2D eigenvalue weighted by Crippen LogP contribution is -2.55. The van der Waals surface area contributed by atoms with Crippen LogP contribution in [0.25, 0.3) is 11.3 Å². The lowest BCUT2D eigenvalue weighted by Gasteiger charge is -2.44. The van der Waals surface area contributed by atoms with Crippen molar-refractivity contribution in [1.82, 2.24) is 20.2 Å². The van der Waals surface area contributed by atoms with E-state index < -0.39 is 35.1 Å². The van der Waals surface area contributed by atoms with Crippen LogP contribution in [-0.4, -0.2) is 91.3 Å². The van der Waals surface area contributed by atoms with Crippen molar-refractivity contribution in [2.45, 2.75) is 58.4 Å². The smallest absolute Gasteiger partial charge is 0.264 e. The van der Waals surface area contributed by atoms with Crippen LogP contribution in [0.1, 0.15) is 27.7 Å². The summed E-state index contributed by atoms with van der Waals surface area (Å²) < 4.78 is 65.8. The number of ether oxygens (including phenoxy) is 1. The van der Waals surface area contributed by atoms with Gasteiger partial charge in [0.05, 0.1) is 34.7 Å². The lowest BCUT2D eigenvalue weighted by atomic mass is 10.0. The number of morpholine rings is 1. The first-order valence-electron chi connectivity index (χ1n) is 14.4. The highest BCUT2D eigenvalue weighted by Crippen LogP contribution is 2.39. The zero-order valence-electron chi connectivity index (χ0n) is 24.9. The van der Waals surface area contributed by atoms with Gasteiger partial charge in [0.15, 0.2) is 5.82 Å². The monoisotopic (exact) mass is 603 g/mol. The number of hydrogen-bond acceptors (Lipinski definition) is 8. The number of amides is 1. The Bertz CT molecular complexity index is 1410. The fourth-order valence-electron chi connectivity index (χ4n) is 5.90. The molecule has 2 aromatic rings. The Morgan fingerprint density at radius 1 is 1.07 bits per heavy atom. The van der Waals surface area contributed by atoms with Crippen LogP contribution in [0.15, 0.2) is 41.8 Å². The van der Waals surface area contributed by atoms with E-state index in [1.165, 1.54) is 30.6 Å². The van der Waals surface area contributed by atoms with Crippen molar-refractivity contribution < 1.29 is 27.1 Å². The van der Waals surface area contributed by atoms with Crippen LogP contribution in [0, 0.1) is 11.6 Å². The van der Waals surface area contributed by atoms with E-state index in [1.54, 1.807) is 4.90 Å². The predicted octanol–water partition coefficient (Wildman–Crippen LogP) is 4.18. The van der Waals surface area contributed by atoms with Crippen molar-refractivity contribution in [1.29, 1.82) is 0 Å². The fourth-order valence-corrected chi connectivity index (χ4v) is 5.90. The highest BCUT2D eigenvalue weighted by molar-refractivity contribution is 6.09. The van der Waals surface area contributed by atoms with Gasteiger partial charge in [0.1, 0.15) is 11.5 Å². The molecule has 4 atom stereocenters. The number of anilines is 3. The van der Waals surface area contributed by atoms with Gasteiger partial charge in [0.25, 0.3) is 12.3 Å². The number of nitrogens with one attached hydrogen (secondary N) is 2. The van der Waals surface area contributed by atoms with Crippen LogP contribution in [0.2, 0.25) is 0 Å². The van der Waals surface area contributed by atoms with Gasteiger partial charge in [-0.15, -0.1) is 0 Å². The summed E-state index contributed by atoms with van der Waals surface area (Å²) in [5.41, 5.74) is -1.43. The first-order valence-corrected chi connectivity index (χ1v) is 14.4. The van der Waals surface area contributed by atoms with Gasteiger partial charge < -0.3 is 25.2 Å². The third kappa shape index (κ3) is 6.32. The molecule has 5 rings (SSSR count). The number of rotatable bonds is 6. The summed E-state index contributed by atoms with van der Waals surface area (Å²) in [7, 11) is 1.98. The molecular formula is C30H37F4N7O2. The predicted molar refractivity (Wildman–Crippen MR) is 157 cm³/mol. The molecule has 43 heavy (non-hydrogen) atoms. The maximum absolute atomic E-state index is 16.6. The van der Waals surface area contributed by atoms with Crippen molar-refractivity contribution in [3.8, 4) is 11.3 Å². The summed E-state index contributed by atoms with van der Waals surface area (Å²) in [6.45, 7) is 9.83. The van der Waals surface area contributed by atoms with Gasteiger partial charge in [-0.1, -0.05) is 6.08 Å². The number of aromatic nitrogens is 2. The molecule has 0 radical (unpaired) electrons. The zero-order valence-corrected chi connectivity index (χ0v) is 24.9. The quantitative estimate of drug-likeness (QED) is 0.476. The number of benzene rings is 1. The highest BCUT2D eigenvalue weighted by Gasteiger charge is 2.33. The maximum Gasteiger partial charge on any atom is 0.264 e. The molecule has 3 aliphatic rings. The lowest BCUT2D eigenvalue weighted by molar-refractivity contribution is -0.112. The van der Waals surface area contributed by atoms with Gasteiger partial charge in [-0.05, 0) is 40.8 Å². The molecule has 2 N–H and O–H groups in total. The summed E-state index contributed by atoms with van der Waals surface area (Å²) in [5, 5.41) is 5.26. The average Bonchev–Trinajstić information content (AvgIpc) is 2.96. The SMILES string of the molecule is C[C@@H]1CN(c2nccc(-c3c(F)cc(N4C[C@@H](C)N(C)[C@@H](C)C4)c(NC(=O)C4=CNCC=C4C(F)F)c3F)n2)C[C@H](C)O1. The molecule has 0 unspecified atom stereocenters.